The fourth-order valence-corrected chi connectivity index (χ4v) is 5.42. The third-order valence-corrected chi connectivity index (χ3v) is 7.90. The second-order valence-corrected chi connectivity index (χ2v) is 9.91. The van der Waals surface area contributed by atoms with Crippen LogP contribution in [0.5, 0.6) is 0 Å². The number of carbonyl (C=O) groups excluding carboxylic acids is 2. The van der Waals surface area contributed by atoms with Crippen LogP contribution in [0.3, 0.4) is 0 Å². The summed E-state index contributed by atoms with van der Waals surface area (Å²) in [5.74, 6) is -1.22. The molecule has 1 aliphatic heterocycles. The van der Waals surface area contributed by atoms with Gasteiger partial charge >= 0.3 is 12.1 Å². The van der Waals surface area contributed by atoms with Gasteiger partial charge in [0, 0.05) is 19.0 Å². The largest absolute Gasteiger partial charge is 0.481 e. The number of carboxylic acids is 1. The molecule has 2 N–H and O–H groups in total. The number of aliphatic carboxylic acids is 1. The van der Waals surface area contributed by atoms with E-state index in [2.05, 4.69) is 29.6 Å². The van der Waals surface area contributed by atoms with Crippen molar-refractivity contribution < 1.29 is 24.2 Å². The molecule has 1 aliphatic carbocycles. The number of hydrogen-bond donors (Lipinski definition) is 2. The summed E-state index contributed by atoms with van der Waals surface area (Å²) < 4.78 is 5.66. The Morgan fingerprint density at radius 2 is 1.69 bits per heavy atom. The maximum Gasteiger partial charge on any atom is 0.408 e. The molecule has 1 heterocycles. The fraction of sp³-hybridized carbons (Fsp3) is 0.464. The third kappa shape index (κ3) is 4.51. The van der Waals surface area contributed by atoms with Gasteiger partial charge in [0.1, 0.15) is 12.1 Å². The van der Waals surface area contributed by atoms with Crippen LogP contribution in [0.25, 0.3) is 11.1 Å². The van der Waals surface area contributed by atoms with Crippen LogP contribution in [-0.2, 0) is 14.3 Å². The SMILES string of the molecule is CCC1(C(=O)O)CCCN(C(=O)C(C)(CC)NC(=O)OCC2c3ccccc3-c3ccccc32)C1. The van der Waals surface area contributed by atoms with Gasteiger partial charge in [-0.1, -0.05) is 62.4 Å². The van der Waals surface area contributed by atoms with E-state index in [1.54, 1.807) is 11.8 Å². The van der Waals surface area contributed by atoms with Gasteiger partial charge in [-0.3, -0.25) is 9.59 Å². The maximum absolute atomic E-state index is 13.5. The molecule has 35 heavy (non-hydrogen) atoms. The molecule has 2 amide bonds. The molecule has 2 unspecified atom stereocenters. The lowest BCUT2D eigenvalue weighted by Crippen LogP contribution is -2.61. The van der Waals surface area contributed by atoms with Crippen molar-refractivity contribution in [3.63, 3.8) is 0 Å². The smallest absolute Gasteiger partial charge is 0.408 e. The summed E-state index contributed by atoms with van der Waals surface area (Å²) in [6.45, 7) is 6.15. The second-order valence-electron chi connectivity index (χ2n) is 9.91. The van der Waals surface area contributed by atoms with Gasteiger partial charge in [-0.25, -0.2) is 4.79 Å². The van der Waals surface area contributed by atoms with Crippen molar-refractivity contribution in [1.29, 1.82) is 0 Å². The standard InChI is InChI=1S/C28H34N2O5/c1-4-27(3,24(31)30-16-10-15-28(5-2,18-30)25(32)33)29-26(34)35-17-23-21-13-8-6-11-19(21)20-12-7-9-14-22(20)23/h6-9,11-14,23H,4-5,10,15-18H2,1-3H3,(H,29,34)(H,32,33). The highest BCUT2D eigenvalue weighted by molar-refractivity contribution is 5.90. The summed E-state index contributed by atoms with van der Waals surface area (Å²) in [6.07, 6.45) is 1.33. The van der Waals surface area contributed by atoms with E-state index in [0.29, 0.717) is 32.2 Å². The highest BCUT2D eigenvalue weighted by Gasteiger charge is 2.46. The van der Waals surface area contributed by atoms with Gasteiger partial charge in [0.05, 0.1) is 5.41 Å². The quantitative estimate of drug-likeness (QED) is 0.596. The van der Waals surface area contributed by atoms with E-state index in [1.165, 1.54) is 0 Å². The number of hydrogen-bond acceptors (Lipinski definition) is 4. The van der Waals surface area contributed by atoms with Crippen molar-refractivity contribution in [2.45, 2.75) is 57.9 Å². The molecule has 1 fully saturated rings. The highest BCUT2D eigenvalue weighted by Crippen LogP contribution is 2.44. The Balaban J connectivity index is 1.44. The fourth-order valence-electron chi connectivity index (χ4n) is 5.42. The van der Waals surface area contributed by atoms with Crippen molar-refractivity contribution >= 4 is 18.0 Å². The van der Waals surface area contributed by atoms with Gasteiger partial charge < -0.3 is 20.1 Å². The zero-order valence-corrected chi connectivity index (χ0v) is 20.7. The predicted octanol–water partition coefficient (Wildman–Crippen LogP) is 4.80. The third-order valence-electron chi connectivity index (χ3n) is 7.90. The molecular weight excluding hydrogens is 444 g/mol. The van der Waals surface area contributed by atoms with Gasteiger partial charge in [-0.2, -0.15) is 0 Å². The van der Waals surface area contributed by atoms with Crippen molar-refractivity contribution in [3.8, 4) is 11.1 Å². The number of piperidine rings is 1. The molecule has 7 nitrogen and oxygen atoms in total. The van der Waals surface area contributed by atoms with Gasteiger partial charge in [0.25, 0.3) is 0 Å². The Kier molecular flexibility index (Phi) is 6.88. The minimum atomic E-state index is -1.18. The van der Waals surface area contributed by atoms with E-state index in [1.807, 2.05) is 38.1 Å². The highest BCUT2D eigenvalue weighted by atomic mass is 16.5. The number of benzene rings is 2. The lowest BCUT2D eigenvalue weighted by molar-refractivity contribution is -0.156. The number of alkyl carbamates (subject to hydrolysis) is 1. The molecule has 0 bridgehead atoms. The second kappa shape index (κ2) is 9.72. The number of nitrogens with zero attached hydrogens (tertiary/aromatic N) is 1. The Labute approximate surface area is 206 Å². The molecule has 0 aromatic heterocycles. The van der Waals surface area contributed by atoms with Crippen LogP contribution < -0.4 is 5.32 Å². The van der Waals surface area contributed by atoms with E-state index in [4.69, 9.17) is 4.74 Å². The van der Waals surface area contributed by atoms with Crippen LogP contribution in [0.2, 0.25) is 0 Å². The molecule has 7 heteroatoms. The molecule has 2 aromatic rings. The first-order valence-electron chi connectivity index (χ1n) is 12.4. The number of likely N-dealkylation sites (tertiary alicyclic amines) is 1. The molecule has 0 radical (unpaired) electrons. The Bertz CT molecular complexity index is 1090. The van der Waals surface area contributed by atoms with Crippen LogP contribution >= 0.6 is 0 Å². The van der Waals surface area contributed by atoms with Crippen molar-refractivity contribution in [1.82, 2.24) is 10.2 Å². The van der Waals surface area contributed by atoms with Gasteiger partial charge in [-0.15, -0.1) is 0 Å². The normalized spacial score (nSPS) is 20.9. The zero-order valence-electron chi connectivity index (χ0n) is 20.7. The lowest BCUT2D eigenvalue weighted by atomic mass is 9.77. The van der Waals surface area contributed by atoms with E-state index >= 15 is 0 Å². The summed E-state index contributed by atoms with van der Waals surface area (Å²) in [6, 6.07) is 16.2. The molecule has 2 aliphatic rings. The van der Waals surface area contributed by atoms with Crippen LogP contribution in [0.1, 0.15) is 63.5 Å². The molecule has 2 atom stereocenters. The molecule has 0 spiro atoms. The molecular formula is C28H34N2O5. The minimum Gasteiger partial charge on any atom is -0.481 e. The Morgan fingerprint density at radius 1 is 1.09 bits per heavy atom. The summed E-state index contributed by atoms with van der Waals surface area (Å²) in [5.41, 5.74) is 2.41. The minimum absolute atomic E-state index is 0.0698. The van der Waals surface area contributed by atoms with Gasteiger partial charge in [0.2, 0.25) is 5.91 Å². The summed E-state index contributed by atoms with van der Waals surface area (Å²) in [7, 11) is 0. The van der Waals surface area contributed by atoms with E-state index in [0.717, 1.165) is 22.3 Å². The monoisotopic (exact) mass is 478 g/mol. The number of fused-ring (bicyclic) bond motifs is 3. The first-order valence-corrected chi connectivity index (χ1v) is 12.4. The van der Waals surface area contributed by atoms with Crippen LogP contribution in [0, 0.1) is 5.41 Å². The molecule has 4 rings (SSSR count). The van der Waals surface area contributed by atoms with E-state index in [9.17, 15) is 19.5 Å². The van der Waals surface area contributed by atoms with Crippen LogP contribution in [-0.4, -0.2) is 53.2 Å². The Hall–Kier alpha value is -3.35. The predicted molar refractivity (Wildman–Crippen MR) is 133 cm³/mol. The van der Waals surface area contributed by atoms with Gasteiger partial charge in [0.15, 0.2) is 0 Å². The maximum atomic E-state index is 13.5. The number of amides is 2. The van der Waals surface area contributed by atoms with Crippen molar-refractivity contribution in [2.75, 3.05) is 19.7 Å². The summed E-state index contributed by atoms with van der Waals surface area (Å²) in [4.78, 5) is 39.9. The molecule has 1 saturated heterocycles. The van der Waals surface area contributed by atoms with Gasteiger partial charge in [-0.05, 0) is 54.9 Å². The number of nitrogens with one attached hydrogen (secondary N) is 1. The van der Waals surface area contributed by atoms with E-state index < -0.39 is 23.0 Å². The van der Waals surface area contributed by atoms with Crippen LogP contribution in [0.15, 0.2) is 48.5 Å². The summed E-state index contributed by atoms with van der Waals surface area (Å²) in [5, 5.41) is 12.6. The first-order chi connectivity index (χ1) is 16.7. The summed E-state index contributed by atoms with van der Waals surface area (Å²) >= 11 is 0. The van der Waals surface area contributed by atoms with E-state index in [-0.39, 0.29) is 25.0 Å². The van der Waals surface area contributed by atoms with Crippen molar-refractivity contribution in [3.05, 3.63) is 59.7 Å². The number of carbonyl (C=O) groups is 3. The molecule has 2 aromatic carbocycles. The number of rotatable bonds is 7. The molecule has 186 valence electrons. The average Bonchev–Trinajstić information content (AvgIpc) is 3.20. The first kappa shape index (κ1) is 24.8. The number of ether oxygens (including phenoxy) is 1. The average molecular weight is 479 g/mol. The molecule has 0 saturated carbocycles. The zero-order chi connectivity index (χ0) is 25.2. The number of carboxylic acid groups (broad SMARTS) is 1. The topological polar surface area (TPSA) is 95.9 Å². The van der Waals surface area contributed by atoms with Crippen LogP contribution in [0.4, 0.5) is 4.79 Å². The lowest BCUT2D eigenvalue weighted by Gasteiger charge is -2.42. The van der Waals surface area contributed by atoms with Crippen molar-refractivity contribution in [2.24, 2.45) is 5.41 Å². The Morgan fingerprint density at radius 3 is 2.23 bits per heavy atom.